The Bertz CT molecular complexity index is 538. The van der Waals surface area contributed by atoms with Gasteiger partial charge in [-0.25, -0.2) is 4.98 Å². The predicted molar refractivity (Wildman–Crippen MR) is 84.2 cm³/mol. The van der Waals surface area contributed by atoms with E-state index in [-0.39, 0.29) is 25.0 Å². The van der Waals surface area contributed by atoms with Crippen LogP contribution >= 0.6 is 11.6 Å². The van der Waals surface area contributed by atoms with Gasteiger partial charge in [0, 0.05) is 18.8 Å². The minimum absolute atomic E-state index is 0.0465. The van der Waals surface area contributed by atoms with E-state index in [1.54, 1.807) is 12.1 Å². The maximum absolute atomic E-state index is 11.9. The molecule has 1 atom stereocenters. The molecule has 7 nitrogen and oxygen atoms in total. The lowest BCUT2D eigenvalue weighted by molar-refractivity contribution is -0.142. The third-order valence-corrected chi connectivity index (χ3v) is 3.68. The molecular weight excluding hydrogens is 322 g/mol. The summed E-state index contributed by atoms with van der Waals surface area (Å²) < 4.78 is 5.35. The Morgan fingerprint density at radius 1 is 1.48 bits per heavy atom. The molecule has 2 rings (SSSR count). The summed E-state index contributed by atoms with van der Waals surface area (Å²) in [6.07, 6.45) is 2.52. The van der Waals surface area contributed by atoms with E-state index >= 15 is 0 Å². The van der Waals surface area contributed by atoms with Crippen LogP contribution in [0.2, 0.25) is 5.02 Å². The van der Waals surface area contributed by atoms with Crippen molar-refractivity contribution in [3.8, 4) is 5.88 Å². The molecule has 1 aromatic heterocycles. The summed E-state index contributed by atoms with van der Waals surface area (Å²) in [5.74, 6) is -0.228. The fourth-order valence-electron chi connectivity index (χ4n) is 2.26. The van der Waals surface area contributed by atoms with Gasteiger partial charge in [-0.05, 0) is 25.3 Å². The minimum Gasteiger partial charge on any atom is -0.476 e. The average Bonchev–Trinajstić information content (AvgIpc) is 2.69. The zero-order chi connectivity index (χ0) is 16.7. The number of likely N-dealkylation sites (tertiary alicyclic amines) is 1. The number of nitrogens with zero attached hydrogens (tertiary/aromatic N) is 2. The maximum Gasteiger partial charge on any atom is 0.251 e. The van der Waals surface area contributed by atoms with E-state index in [9.17, 15) is 14.7 Å². The number of aromatic nitrogens is 1. The van der Waals surface area contributed by atoms with E-state index in [1.165, 1.54) is 11.1 Å². The fraction of sp³-hybridized carbons (Fsp3) is 0.533. The average molecular weight is 342 g/mol. The molecule has 126 valence electrons. The number of aliphatic hydroxyl groups is 1. The van der Waals surface area contributed by atoms with Gasteiger partial charge in [0.2, 0.25) is 11.8 Å². The lowest BCUT2D eigenvalue weighted by Gasteiger charge is -2.21. The molecule has 0 bridgehead atoms. The highest BCUT2D eigenvalue weighted by atomic mass is 35.5. The second kappa shape index (κ2) is 8.69. The van der Waals surface area contributed by atoms with Gasteiger partial charge in [-0.2, -0.15) is 0 Å². The molecule has 8 heteroatoms. The van der Waals surface area contributed by atoms with Gasteiger partial charge in [0.15, 0.2) is 0 Å². The molecule has 1 fully saturated rings. The highest BCUT2D eigenvalue weighted by Crippen LogP contribution is 2.12. The molecule has 2 heterocycles. The number of ether oxygens (including phenoxy) is 1. The van der Waals surface area contributed by atoms with Gasteiger partial charge in [0.05, 0.1) is 18.1 Å². The van der Waals surface area contributed by atoms with Crippen LogP contribution in [0, 0.1) is 0 Å². The Labute approximate surface area is 139 Å². The van der Waals surface area contributed by atoms with Crippen molar-refractivity contribution < 1.29 is 19.4 Å². The predicted octanol–water partition coefficient (Wildman–Crippen LogP) is 0.603. The first kappa shape index (κ1) is 17.5. The monoisotopic (exact) mass is 341 g/mol. The van der Waals surface area contributed by atoms with E-state index in [2.05, 4.69) is 10.3 Å². The number of pyridine rings is 1. The number of amides is 2. The highest BCUT2D eigenvalue weighted by Gasteiger charge is 2.26. The van der Waals surface area contributed by atoms with Crippen molar-refractivity contribution in [1.82, 2.24) is 15.2 Å². The summed E-state index contributed by atoms with van der Waals surface area (Å²) in [4.78, 5) is 29.1. The quantitative estimate of drug-likeness (QED) is 0.739. The second-order valence-electron chi connectivity index (χ2n) is 5.28. The van der Waals surface area contributed by atoms with Crippen LogP contribution < -0.4 is 10.1 Å². The van der Waals surface area contributed by atoms with E-state index in [4.69, 9.17) is 16.3 Å². The number of carbonyl (C=O) groups is 2. The molecule has 2 N–H and O–H groups in total. The molecule has 0 spiro atoms. The SMILES string of the molecule is O=C(CN1CCCCC(O)C1=O)NCCOc1ccc(Cl)cn1. The van der Waals surface area contributed by atoms with Crippen LogP contribution in [0.15, 0.2) is 18.3 Å². The summed E-state index contributed by atoms with van der Waals surface area (Å²) in [6.45, 7) is 1.01. The van der Waals surface area contributed by atoms with E-state index < -0.39 is 6.10 Å². The Hall–Kier alpha value is -1.86. The van der Waals surface area contributed by atoms with E-state index in [1.807, 2.05) is 0 Å². The summed E-state index contributed by atoms with van der Waals surface area (Å²) >= 11 is 5.72. The molecule has 0 aromatic carbocycles. The van der Waals surface area contributed by atoms with Gasteiger partial charge < -0.3 is 20.1 Å². The van der Waals surface area contributed by atoms with Crippen LogP contribution in [0.3, 0.4) is 0 Å². The first-order valence-electron chi connectivity index (χ1n) is 7.54. The van der Waals surface area contributed by atoms with Crippen LogP contribution in [0.25, 0.3) is 0 Å². The Morgan fingerprint density at radius 2 is 2.30 bits per heavy atom. The van der Waals surface area contributed by atoms with E-state index in [0.29, 0.717) is 30.4 Å². The fourth-order valence-corrected chi connectivity index (χ4v) is 2.38. The Balaban J connectivity index is 1.68. The summed E-state index contributed by atoms with van der Waals surface area (Å²) in [7, 11) is 0. The first-order chi connectivity index (χ1) is 11.1. The number of aliphatic hydroxyl groups excluding tert-OH is 1. The van der Waals surface area contributed by atoms with Crippen LogP contribution in [0.5, 0.6) is 5.88 Å². The van der Waals surface area contributed by atoms with Gasteiger partial charge in [-0.3, -0.25) is 9.59 Å². The smallest absolute Gasteiger partial charge is 0.251 e. The standard InChI is InChI=1S/C15H20ClN3O4/c16-11-4-5-14(18-9-11)23-8-6-17-13(21)10-19-7-2-1-3-12(20)15(19)22/h4-5,9,12,20H,1-3,6-8,10H2,(H,17,21). The van der Waals surface area contributed by atoms with Crippen LogP contribution in [0.1, 0.15) is 19.3 Å². The van der Waals surface area contributed by atoms with Crippen LogP contribution in [-0.4, -0.2) is 59.1 Å². The van der Waals surface area contributed by atoms with Crippen molar-refractivity contribution in [1.29, 1.82) is 0 Å². The van der Waals surface area contributed by atoms with Gasteiger partial charge in [-0.1, -0.05) is 11.6 Å². The van der Waals surface area contributed by atoms with Gasteiger partial charge in [0.25, 0.3) is 5.91 Å². The largest absolute Gasteiger partial charge is 0.476 e. The highest BCUT2D eigenvalue weighted by molar-refractivity contribution is 6.30. The van der Waals surface area contributed by atoms with Gasteiger partial charge in [-0.15, -0.1) is 0 Å². The first-order valence-corrected chi connectivity index (χ1v) is 7.92. The number of hydrogen-bond acceptors (Lipinski definition) is 5. The molecule has 2 amide bonds. The van der Waals surface area contributed by atoms with Crippen molar-refractivity contribution in [2.45, 2.75) is 25.4 Å². The maximum atomic E-state index is 11.9. The minimum atomic E-state index is -0.996. The third kappa shape index (κ3) is 5.69. The summed E-state index contributed by atoms with van der Waals surface area (Å²) in [6, 6.07) is 3.31. The number of carbonyl (C=O) groups excluding carboxylic acids is 2. The number of hydrogen-bond donors (Lipinski definition) is 2. The van der Waals surface area contributed by atoms with Crippen molar-refractivity contribution in [3.63, 3.8) is 0 Å². The molecular formula is C15H20ClN3O4. The summed E-state index contributed by atoms with van der Waals surface area (Å²) in [5, 5.41) is 12.8. The molecule has 1 saturated heterocycles. The number of rotatable bonds is 6. The van der Waals surface area contributed by atoms with Gasteiger partial charge >= 0.3 is 0 Å². The normalized spacial score (nSPS) is 18.4. The molecule has 1 aliphatic rings. The van der Waals surface area contributed by atoms with Crippen molar-refractivity contribution in [2.24, 2.45) is 0 Å². The number of nitrogens with one attached hydrogen (secondary N) is 1. The molecule has 0 saturated carbocycles. The molecule has 1 aromatic rings. The molecule has 1 aliphatic heterocycles. The molecule has 1 unspecified atom stereocenters. The zero-order valence-corrected chi connectivity index (χ0v) is 13.5. The van der Waals surface area contributed by atoms with Crippen molar-refractivity contribution >= 4 is 23.4 Å². The van der Waals surface area contributed by atoms with Crippen LogP contribution in [0.4, 0.5) is 0 Å². The summed E-state index contributed by atoms with van der Waals surface area (Å²) in [5.41, 5.74) is 0. The molecule has 0 aliphatic carbocycles. The molecule has 0 radical (unpaired) electrons. The lowest BCUT2D eigenvalue weighted by Crippen LogP contribution is -2.44. The zero-order valence-electron chi connectivity index (χ0n) is 12.7. The van der Waals surface area contributed by atoms with Crippen molar-refractivity contribution in [2.75, 3.05) is 26.2 Å². The Morgan fingerprint density at radius 3 is 3.04 bits per heavy atom. The second-order valence-corrected chi connectivity index (χ2v) is 5.72. The third-order valence-electron chi connectivity index (χ3n) is 3.46. The van der Waals surface area contributed by atoms with E-state index in [0.717, 1.165) is 12.8 Å². The lowest BCUT2D eigenvalue weighted by atomic mass is 10.2. The topological polar surface area (TPSA) is 91.8 Å². The Kier molecular flexibility index (Phi) is 6.61. The number of halogens is 1. The van der Waals surface area contributed by atoms with Gasteiger partial charge in [0.1, 0.15) is 12.7 Å². The van der Waals surface area contributed by atoms with Crippen LogP contribution in [-0.2, 0) is 9.59 Å². The van der Waals surface area contributed by atoms with Crippen molar-refractivity contribution in [3.05, 3.63) is 23.4 Å². The molecule has 23 heavy (non-hydrogen) atoms.